The number of nitrogens with one attached hydrogen (secondary N) is 1. The number of hydrogen-bond acceptors (Lipinski definition) is 5. The summed E-state index contributed by atoms with van der Waals surface area (Å²) in [7, 11) is 0. The van der Waals surface area contributed by atoms with E-state index in [1.807, 2.05) is 0 Å². The quantitative estimate of drug-likeness (QED) is 0.869. The number of piperidine rings is 1. The molecule has 0 spiro atoms. The fourth-order valence-electron chi connectivity index (χ4n) is 2.28. The molecule has 2 rings (SSSR count). The number of carbonyl (C=O) groups excluding carboxylic acids is 2. The van der Waals surface area contributed by atoms with Gasteiger partial charge in [-0.3, -0.25) is 15.1 Å². The number of nitrogens with zero attached hydrogens (tertiary/aromatic N) is 2. The average Bonchev–Trinajstić information content (AvgIpc) is 2.45. The number of likely N-dealkylation sites (tertiary alicyclic amines) is 1. The summed E-state index contributed by atoms with van der Waals surface area (Å²) in [5, 5.41) is 12.1. The second kappa shape index (κ2) is 6.95. The molecule has 1 saturated heterocycles. The third-order valence-corrected chi connectivity index (χ3v) is 3.38. The second-order valence-corrected chi connectivity index (χ2v) is 6.58. The van der Waals surface area contributed by atoms with Crippen LogP contribution in [-0.4, -0.2) is 51.8 Å². The van der Waals surface area contributed by atoms with Gasteiger partial charge in [-0.25, -0.2) is 4.79 Å². The number of carbonyl (C=O) groups is 2. The molecule has 2 amide bonds. The van der Waals surface area contributed by atoms with Crippen molar-refractivity contribution in [3.05, 3.63) is 24.0 Å². The molecule has 1 aromatic rings. The molecule has 0 aromatic carbocycles. The first-order chi connectivity index (χ1) is 10.7. The predicted molar refractivity (Wildman–Crippen MR) is 85.2 cm³/mol. The van der Waals surface area contributed by atoms with Crippen LogP contribution in [0.5, 0.6) is 0 Å². The lowest BCUT2D eigenvalue weighted by Gasteiger charge is -2.29. The molecule has 1 aromatic heterocycles. The van der Waals surface area contributed by atoms with Gasteiger partial charge in [0, 0.05) is 25.0 Å². The van der Waals surface area contributed by atoms with E-state index in [9.17, 15) is 14.7 Å². The number of aromatic nitrogens is 1. The minimum atomic E-state index is -0.593. The molecule has 2 heterocycles. The van der Waals surface area contributed by atoms with Crippen molar-refractivity contribution in [1.29, 1.82) is 0 Å². The van der Waals surface area contributed by atoms with Crippen molar-refractivity contribution < 1.29 is 19.4 Å². The largest absolute Gasteiger partial charge is 0.444 e. The maximum absolute atomic E-state index is 12.4. The Morgan fingerprint density at radius 2 is 2.00 bits per heavy atom. The molecule has 0 unspecified atom stereocenters. The molecule has 0 aliphatic carbocycles. The topological polar surface area (TPSA) is 91.8 Å². The van der Waals surface area contributed by atoms with Gasteiger partial charge < -0.3 is 14.7 Å². The molecule has 1 aliphatic heterocycles. The first-order valence-electron chi connectivity index (χ1n) is 7.68. The molecule has 1 fully saturated rings. The van der Waals surface area contributed by atoms with Crippen molar-refractivity contribution in [2.75, 3.05) is 18.4 Å². The maximum atomic E-state index is 12.4. The van der Waals surface area contributed by atoms with Crippen LogP contribution in [0, 0.1) is 0 Å². The zero-order valence-corrected chi connectivity index (χ0v) is 13.7. The van der Waals surface area contributed by atoms with E-state index in [1.54, 1.807) is 31.7 Å². The van der Waals surface area contributed by atoms with E-state index >= 15 is 0 Å². The van der Waals surface area contributed by atoms with Crippen molar-refractivity contribution >= 4 is 17.7 Å². The number of anilines is 1. The van der Waals surface area contributed by atoms with Crippen molar-refractivity contribution in [2.24, 2.45) is 0 Å². The molecule has 0 radical (unpaired) electrons. The highest BCUT2D eigenvalue weighted by molar-refractivity contribution is 5.94. The molecule has 23 heavy (non-hydrogen) atoms. The summed E-state index contributed by atoms with van der Waals surface area (Å²) < 4.78 is 5.18. The summed E-state index contributed by atoms with van der Waals surface area (Å²) in [6, 6.07) is 3.12. The zero-order chi connectivity index (χ0) is 17.0. The monoisotopic (exact) mass is 321 g/mol. The number of aliphatic hydroxyl groups excluding tert-OH is 1. The van der Waals surface area contributed by atoms with E-state index in [2.05, 4.69) is 10.3 Å². The lowest BCUT2D eigenvalue weighted by molar-refractivity contribution is 0.0539. The number of amides is 2. The van der Waals surface area contributed by atoms with Crippen LogP contribution < -0.4 is 5.32 Å². The Hall–Kier alpha value is -2.15. The summed E-state index contributed by atoms with van der Waals surface area (Å²) in [6.45, 7) is 6.34. The number of rotatable bonds is 2. The van der Waals surface area contributed by atoms with Gasteiger partial charge in [-0.1, -0.05) is 0 Å². The summed E-state index contributed by atoms with van der Waals surface area (Å²) in [5.41, 5.74) is 0.120. The van der Waals surface area contributed by atoms with Crippen LogP contribution >= 0.6 is 0 Å². The van der Waals surface area contributed by atoms with Crippen LogP contribution in [0.25, 0.3) is 0 Å². The van der Waals surface area contributed by atoms with Crippen molar-refractivity contribution in [3.8, 4) is 0 Å². The van der Waals surface area contributed by atoms with E-state index in [4.69, 9.17) is 4.74 Å². The summed E-state index contributed by atoms with van der Waals surface area (Å²) in [5.74, 6) is -0.204. The standard InChI is InChI=1S/C16H23N3O4/c1-16(2,3)23-15(22)18-11-4-7-17-13(10-11)14(21)19-8-5-12(20)6-9-19/h4,7,10,12,20H,5-6,8-9H2,1-3H3,(H,17,18,22). The Balaban J connectivity index is 2.02. The van der Waals surface area contributed by atoms with Gasteiger partial charge in [-0.15, -0.1) is 0 Å². The first-order valence-corrected chi connectivity index (χ1v) is 7.68. The summed E-state index contributed by atoms with van der Waals surface area (Å²) in [6.07, 6.45) is 1.69. The average molecular weight is 321 g/mol. The normalized spacial score (nSPS) is 16.1. The third-order valence-electron chi connectivity index (χ3n) is 3.38. The third kappa shape index (κ3) is 5.21. The molecule has 7 nitrogen and oxygen atoms in total. The Morgan fingerprint density at radius 1 is 1.35 bits per heavy atom. The highest BCUT2D eigenvalue weighted by Gasteiger charge is 2.23. The van der Waals surface area contributed by atoms with Crippen LogP contribution in [0.3, 0.4) is 0 Å². The van der Waals surface area contributed by atoms with Gasteiger partial charge in [0.15, 0.2) is 0 Å². The van der Waals surface area contributed by atoms with Gasteiger partial charge in [-0.05, 0) is 45.7 Å². The smallest absolute Gasteiger partial charge is 0.412 e. The molecule has 7 heteroatoms. The van der Waals surface area contributed by atoms with Crippen molar-refractivity contribution in [3.63, 3.8) is 0 Å². The van der Waals surface area contributed by atoms with Gasteiger partial charge in [0.2, 0.25) is 0 Å². The van der Waals surface area contributed by atoms with Crippen molar-refractivity contribution in [1.82, 2.24) is 9.88 Å². The Labute approximate surface area is 135 Å². The summed E-state index contributed by atoms with van der Waals surface area (Å²) in [4.78, 5) is 29.9. The van der Waals surface area contributed by atoms with Crippen LogP contribution in [0.2, 0.25) is 0 Å². The number of ether oxygens (including phenoxy) is 1. The number of pyridine rings is 1. The molecule has 1 aliphatic rings. The van der Waals surface area contributed by atoms with Crippen LogP contribution in [-0.2, 0) is 4.74 Å². The van der Waals surface area contributed by atoms with E-state index < -0.39 is 11.7 Å². The van der Waals surface area contributed by atoms with E-state index in [-0.39, 0.29) is 17.7 Å². The van der Waals surface area contributed by atoms with Gasteiger partial charge in [-0.2, -0.15) is 0 Å². The van der Waals surface area contributed by atoms with E-state index in [1.165, 1.54) is 12.3 Å². The molecular formula is C16H23N3O4. The highest BCUT2D eigenvalue weighted by atomic mass is 16.6. The van der Waals surface area contributed by atoms with Crippen molar-refractivity contribution in [2.45, 2.75) is 45.3 Å². The fraction of sp³-hybridized carbons (Fsp3) is 0.562. The number of aliphatic hydroxyl groups is 1. The molecule has 2 N–H and O–H groups in total. The minimum absolute atomic E-state index is 0.204. The Bertz CT molecular complexity index is 575. The van der Waals surface area contributed by atoms with Gasteiger partial charge in [0.05, 0.1) is 6.10 Å². The SMILES string of the molecule is CC(C)(C)OC(=O)Nc1ccnc(C(=O)N2CCC(O)CC2)c1. The molecular weight excluding hydrogens is 298 g/mol. The minimum Gasteiger partial charge on any atom is -0.444 e. The Kier molecular flexibility index (Phi) is 5.20. The van der Waals surface area contributed by atoms with Crippen LogP contribution in [0.1, 0.15) is 44.1 Å². The summed E-state index contributed by atoms with van der Waals surface area (Å²) >= 11 is 0. The highest BCUT2D eigenvalue weighted by Crippen LogP contribution is 2.16. The molecule has 0 bridgehead atoms. The van der Waals surface area contributed by atoms with E-state index in [0.717, 1.165) is 0 Å². The lowest BCUT2D eigenvalue weighted by Crippen LogP contribution is -2.40. The van der Waals surface area contributed by atoms with Crippen LogP contribution in [0.4, 0.5) is 10.5 Å². The molecule has 126 valence electrons. The number of hydrogen-bond donors (Lipinski definition) is 2. The van der Waals surface area contributed by atoms with E-state index in [0.29, 0.717) is 31.6 Å². The van der Waals surface area contributed by atoms with Crippen LogP contribution in [0.15, 0.2) is 18.3 Å². The second-order valence-electron chi connectivity index (χ2n) is 6.58. The zero-order valence-electron chi connectivity index (χ0n) is 13.7. The van der Waals surface area contributed by atoms with Gasteiger partial charge in [0.25, 0.3) is 5.91 Å². The first kappa shape index (κ1) is 17.2. The van der Waals surface area contributed by atoms with Gasteiger partial charge >= 0.3 is 6.09 Å². The molecule has 0 atom stereocenters. The molecule has 0 saturated carbocycles. The maximum Gasteiger partial charge on any atom is 0.412 e. The fourth-order valence-corrected chi connectivity index (χ4v) is 2.28. The Morgan fingerprint density at radius 3 is 2.61 bits per heavy atom. The van der Waals surface area contributed by atoms with Gasteiger partial charge in [0.1, 0.15) is 11.3 Å². The lowest BCUT2D eigenvalue weighted by atomic mass is 10.1. The predicted octanol–water partition coefficient (Wildman–Crippen LogP) is 2.03.